The Balaban J connectivity index is 1.36. The van der Waals surface area contributed by atoms with Crippen molar-refractivity contribution in [3.8, 4) is 0 Å². The van der Waals surface area contributed by atoms with Gasteiger partial charge in [-0.3, -0.25) is 33.6 Å². The summed E-state index contributed by atoms with van der Waals surface area (Å²) in [6.07, 6.45) is 3.05. The Kier molecular flexibility index (Phi) is 15.1. The second kappa shape index (κ2) is 20.6. The molecule has 0 saturated carbocycles. The number of rotatable bonds is 21. The van der Waals surface area contributed by atoms with Crippen molar-refractivity contribution in [3.63, 3.8) is 0 Å². The number of nitrogens with one attached hydrogen (secondary N) is 6. The number of aromatic amines is 2. The van der Waals surface area contributed by atoms with Gasteiger partial charge in [-0.05, 0) is 42.9 Å². The number of aromatic nitrogens is 3. The number of benzene rings is 2. The Morgan fingerprint density at radius 1 is 0.783 bits per heavy atom. The van der Waals surface area contributed by atoms with Crippen molar-refractivity contribution in [1.82, 2.24) is 41.1 Å². The fourth-order valence-corrected chi connectivity index (χ4v) is 7.04. The van der Waals surface area contributed by atoms with Crippen LogP contribution >= 0.6 is 0 Å². The quantitative estimate of drug-likeness (QED) is 0.0484. The number of hydrogen-bond acceptors (Lipinski definition) is 10. The van der Waals surface area contributed by atoms with Crippen molar-refractivity contribution < 1.29 is 48.6 Å². The smallest absolute Gasteiger partial charge is 0.326 e. The number of para-hydroxylation sites is 1. The summed E-state index contributed by atoms with van der Waals surface area (Å²) in [6.45, 7) is 0.114. The van der Waals surface area contributed by atoms with Gasteiger partial charge in [0.1, 0.15) is 30.2 Å². The van der Waals surface area contributed by atoms with Crippen LogP contribution in [0.15, 0.2) is 73.3 Å². The molecule has 1 saturated heterocycles. The number of likely N-dealkylation sites (tertiary alicyclic amines) is 1. The number of primary amides is 1. The topological polar surface area (TPSA) is 325 Å². The minimum atomic E-state index is -1.73. The van der Waals surface area contributed by atoms with Crippen molar-refractivity contribution >= 4 is 58.3 Å². The van der Waals surface area contributed by atoms with E-state index in [9.17, 15) is 48.6 Å². The van der Waals surface area contributed by atoms with Crippen LogP contribution < -0.4 is 32.7 Å². The lowest BCUT2D eigenvalue weighted by molar-refractivity contribution is -0.149. The number of hydrogen-bond donors (Lipinski definition) is 10. The van der Waals surface area contributed by atoms with Gasteiger partial charge >= 0.3 is 11.9 Å². The second-order valence-corrected chi connectivity index (χ2v) is 14.5. The Bertz CT molecular complexity index is 2180. The minimum Gasteiger partial charge on any atom is -0.481 e. The largest absolute Gasteiger partial charge is 0.481 e. The van der Waals surface area contributed by atoms with Gasteiger partial charge in [0.15, 0.2) is 0 Å². The molecule has 3 heterocycles. The molecule has 0 radical (unpaired) electrons. The van der Waals surface area contributed by atoms with Crippen LogP contribution in [0.4, 0.5) is 0 Å². The maximum Gasteiger partial charge on any atom is 0.326 e. The normalized spacial score (nSPS) is 16.1. The highest BCUT2D eigenvalue weighted by molar-refractivity contribution is 5.98. The maximum atomic E-state index is 14.0. The molecular weight excluding hydrogens is 780 g/mol. The fourth-order valence-electron chi connectivity index (χ4n) is 7.04. The predicted octanol–water partition coefficient (Wildman–Crippen LogP) is -0.999. The van der Waals surface area contributed by atoms with Gasteiger partial charge in [-0.2, -0.15) is 0 Å². The van der Waals surface area contributed by atoms with E-state index in [2.05, 4.69) is 36.2 Å². The molecule has 5 rings (SSSR count). The van der Waals surface area contributed by atoms with E-state index in [0.29, 0.717) is 17.7 Å². The van der Waals surface area contributed by atoms with E-state index in [-0.39, 0.29) is 32.2 Å². The van der Waals surface area contributed by atoms with Crippen LogP contribution in [0.3, 0.4) is 0 Å². The lowest BCUT2D eigenvalue weighted by atomic mass is 10.0. The number of amides is 6. The van der Waals surface area contributed by atoms with Gasteiger partial charge in [-0.1, -0.05) is 48.5 Å². The number of H-pyrrole nitrogens is 2. The van der Waals surface area contributed by atoms with Crippen LogP contribution in [0.1, 0.15) is 48.9 Å². The summed E-state index contributed by atoms with van der Waals surface area (Å²) in [5.74, 6) is -7.98. The van der Waals surface area contributed by atoms with Crippen LogP contribution in [0.25, 0.3) is 10.9 Å². The van der Waals surface area contributed by atoms with Crippen molar-refractivity contribution in [3.05, 3.63) is 90.1 Å². The highest BCUT2D eigenvalue weighted by Crippen LogP contribution is 2.23. The molecule has 1 fully saturated rings. The first-order valence-electron chi connectivity index (χ1n) is 19.3. The molecule has 20 heteroatoms. The number of carboxylic acids is 2. The SMILES string of the molecule is NC(=O)C[C@H](NC(=O)[C@H](CCC(=O)O)NC(=O)[C@H](Cc1cnc[nH]1)NC(=O)[C@@H](N)Cc1ccccc1)C(=O)N[C@@H](Cc1c[nH]c2ccccc12)C(=O)N1CCC[C@H]1C(=O)O. The van der Waals surface area contributed by atoms with E-state index < -0.39 is 103 Å². The third-order valence-corrected chi connectivity index (χ3v) is 10.1. The van der Waals surface area contributed by atoms with E-state index in [1.807, 2.05) is 6.07 Å². The zero-order valence-electron chi connectivity index (χ0n) is 32.5. The number of carbonyl (C=O) groups is 8. The molecule has 1 aliphatic heterocycles. The molecular formula is C40H48N10O10. The van der Waals surface area contributed by atoms with Gasteiger partial charge in [-0.15, -0.1) is 0 Å². The number of nitrogens with zero attached hydrogens (tertiary/aromatic N) is 2. The summed E-state index contributed by atoms with van der Waals surface area (Å²) in [4.78, 5) is 116. The number of imidazole rings is 1. The monoisotopic (exact) mass is 828 g/mol. The van der Waals surface area contributed by atoms with E-state index in [0.717, 1.165) is 21.4 Å². The summed E-state index contributed by atoms with van der Waals surface area (Å²) in [6, 6.07) is 7.83. The molecule has 0 unspecified atom stereocenters. The van der Waals surface area contributed by atoms with E-state index >= 15 is 0 Å². The number of aliphatic carboxylic acids is 2. The molecule has 0 aliphatic carbocycles. The third-order valence-electron chi connectivity index (χ3n) is 10.1. The molecule has 6 amide bonds. The number of nitrogens with two attached hydrogens (primary N) is 2. The van der Waals surface area contributed by atoms with Crippen LogP contribution in [0, 0.1) is 0 Å². The second-order valence-electron chi connectivity index (χ2n) is 14.5. The van der Waals surface area contributed by atoms with Crippen LogP contribution in [0.5, 0.6) is 0 Å². The molecule has 60 heavy (non-hydrogen) atoms. The summed E-state index contributed by atoms with van der Waals surface area (Å²) >= 11 is 0. The highest BCUT2D eigenvalue weighted by Gasteiger charge is 2.39. The summed E-state index contributed by atoms with van der Waals surface area (Å²) in [5.41, 5.74) is 14.2. The zero-order chi connectivity index (χ0) is 43.3. The first-order valence-corrected chi connectivity index (χ1v) is 19.3. The molecule has 0 bridgehead atoms. The average Bonchev–Trinajstić information content (AvgIpc) is 4.01. The fraction of sp³-hybridized carbons (Fsp3) is 0.375. The summed E-state index contributed by atoms with van der Waals surface area (Å²) < 4.78 is 0. The summed E-state index contributed by atoms with van der Waals surface area (Å²) in [5, 5.41) is 30.0. The average molecular weight is 829 g/mol. The van der Waals surface area contributed by atoms with Crippen LogP contribution in [-0.2, 0) is 57.6 Å². The lowest BCUT2D eigenvalue weighted by Crippen LogP contribution is -2.60. The van der Waals surface area contributed by atoms with Gasteiger partial charge in [0.25, 0.3) is 0 Å². The minimum absolute atomic E-state index is 0.107. The van der Waals surface area contributed by atoms with Crippen molar-refractivity contribution in [1.29, 1.82) is 0 Å². The van der Waals surface area contributed by atoms with E-state index in [4.69, 9.17) is 11.5 Å². The molecule has 2 aromatic carbocycles. The summed E-state index contributed by atoms with van der Waals surface area (Å²) in [7, 11) is 0. The number of carboxylic acid groups (broad SMARTS) is 2. The van der Waals surface area contributed by atoms with Crippen LogP contribution in [-0.4, -0.2) is 120 Å². The first-order chi connectivity index (χ1) is 28.7. The van der Waals surface area contributed by atoms with Gasteiger partial charge < -0.3 is 57.8 Å². The van der Waals surface area contributed by atoms with Crippen molar-refractivity contribution in [2.75, 3.05) is 6.54 Å². The molecule has 20 nitrogen and oxygen atoms in total. The Morgan fingerprint density at radius 3 is 2.12 bits per heavy atom. The zero-order valence-corrected chi connectivity index (χ0v) is 32.5. The molecule has 4 aromatic rings. The Morgan fingerprint density at radius 2 is 1.43 bits per heavy atom. The molecule has 2 aromatic heterocycles. The molecule has 318 valence electrons. The molecule has 0 spiro atoms. The van der Waals surface area contributed by atoms with Gasteiger partial charge in [0, 0.05) is 54.8 Å². The van der Waals surface area contributed by atoms with Gasteiger partial charge in [-0.25, -0.2) is 9.78 Å². The van der Waals surface area contributed by atoms with Crippen molar-refractivity contribution in [2.24, 2.45) is 11.5 Å². The van der Waals surface area contributed by atoms with Crippen LogP contribution in [0.2, 0.25) is 0 Å². The Hall–Kier alpha value is -7.09. The highest BCUT2D eigenvalue weighted by atomic mass is 16.4. The number of fused-ring (bicyclic) bond motifs is 1. The Labute approximate surface area is 343 Å². The number of carbonyl (C=O) groups excluding carboxylic acids is 6. The van der Waals surface area contributed by atoms with E-state index in [1.165, 1.54) is 12.5 Å². The maximum absolute atomic E-state index is 14.0. The van der Waals surface area contributed by atoms with E-state index in [1.54, 1.807) is 54.7 Å². The predicted molar refractivity (Wildman–Crippen MR) is 213 cm³/mol. The molecule has 12 N–H and O–H groups in total. The molecule has 1 aliphatic rings. The van der Waals surface area contributed by atoms with Gasteiger partial charge in [0.2, 0.25) is 35.4 Å². The lowest BCUT2D eigenvalue weighted by Gasteiger charge is -2.29. The molecule has 6 atom stereocenters. The van der Waals surface area contributed by atoms with Gasteiger partial charge in [0.05, 0.1) is 18.8 Å². The standard InChI is InChI=1S/C40H48N10O10/c41-26(15-22-7-2-1-3-8-22)35(54)47-29(17-24-20-43-21-45-24)37(56)46-28(12-13-34(52)53)36(55)48-30(18-33(42)51)38(57)49-31(39(58)50-14-6-11-32(50)40(59)60)16-23-19-44-27-10-5-4-9-25(23)27/h1-5,7-10,19-21,26,28-32,44H,6,11-18,41H2,(H2,42,51)(H,43,45)(H,46,56)(H,47,54)(H,48,55)(H,49,57)(H,52,53)(H,59,60)/t26-,28-,29-,30-,31-,32-/m0/s1. The third kappa shape index (κ3) is 12.0. The first kappa shape index (κ1) is 44.0. The van der Waals surface area contributed by atoms with Crippen molar-refractivity contribution in [2.45, 2.75) is 87.6 Å².